The predicted molar refractivity (Wildman–Crippen MR) is 117 cm³/mol. The lowest BCUT2D eigenvalue weighted by molar-refractivity contribution is 0.292. The molecule has 0 aliphatic carbocycles. The van der Waals surface area contributed by atoms with E-state index in [0.29, 0.717) is 12.6 Å². The summed E-state index contributed by atoms with van der Waals surface area (Å²) in [6.45, 7) is 10.8. The summed E-state index contributed by atoms with van der Waals surface area (Å²) in [5, 5.41) is 7.54. The predicted octanol–water partition coefficient (Wildman–Crippen LogP) is 4.13. The summed E-state index contributed by atoms with van der Waals surface area (Å²) in [6, 6.07) is 8.27. The molecular weight excluding hydrogens is 435 g/mol. The maximum atomic E-state index is 6.01. The minimum Gasteiger partial charge on any atom is -0.354 e. The highest BCUT2D eigenvalue weighted by Gasteiger charge is 2.06. The van der Waals surface area contributed by atoms with Gasteiger partial charge in [0.25, 0.3) is 0 Å². The van der Waals surface area contributed by atoms with Gasteiger partial charge in [0, 0.05) is 24.7 Å². The van der Waals surface area contributed by atoms with Gasteiger partial charge in [0.05, 0.1) is 0 Å². The summed E-state index contributed by atoms with van der Waals surface area (Å²) < 4.78 is 0. The molecule has 0 aliphatic rings. The largest absolute Gasteiger partial charge is 0.354 e. The molecule has 0 saturated heterocycles. The number of aliphatic imine (C=N–C) groups is 1. The van der Waals surface area contributed by atoms with E-state index in [9.17, 15) is 0 Å². The Kier molecular flexibility index (Phi) is 13.4. The van der Waals surface area contributed by atoms with Crippen molar-refractivity contribution in [2.75, 3.05) is 26.7 Å². The molecule has 0 aliphatic heterocycles. The lowest BCUT2D eigenvalue weighted by Crippen LogP contribution is -2.42. The molecule has 1 aromatic carbocycles. The quantitative estimate of drug-likeness (QED) is 0.326. The number of benzene rings is 1. The maximum absolute atomic E-state index is 6.01. The zero-order valence-corrected chi connectivity index (χ0v) is 18.4. The average Bonchev–Trinajstić information content (AvgIpc) is 2.55. The van der Waals surface area contributed by atoms with Crippen LogP contribution >= 0.6 is 35.6 Å². The standard InChI is InChI=1S/C18H31ClN4.HI/c1-5-23(6-2)12-8-9-15(3)22-18(20-4)21-14-16-10-7-11-17(19)13-16;/h7,10-11,13,15H,5-6,8-9,12,14H2,1-4H3,(H2,20,21,22);1H. The molecule has 0 radical (unpaired) electrons. The Balaban J connectivity index is 0.00000529. The normalized spacial score (nSPS) is 12.7. The minimum absolute atomic E-state index is 0. The Bertz CT molecular complexity index is 478. The van der Waals surface area contributed by atoms with Gasteiger partial charge in [-0.05, 0) is 57.1 Å². The van der Waals surface area contributed by atoms with Gasteiger partial charge in [0.2, 0.25) is 0 Å². The number of halogens is 2. The molecule has 0 saturated carbocycles. The first kappa shape index (κ1) is 23.5. The lowest BCUT2D eigenvalue weighted by atomic mass is 10.2. The van der Waals surface area contributed by atoms with Crippen LogP contribution in [0.4, 0.5) is 0 Å². The van der Waals surface area contributed by atoms with Crippen LogP contribution in [0.15, 0.2) is 29.3 Å². The second-order valence-corrected chi connectivity index (χ2v) is 6.21. The van der Waals surface area contributed by atoms with Crippen LogP contribution in [0.5, 0.6) is 0 Å². The number of hydrogen-bond donors (Lipinski definition) is 2. The van der Waals surface area contributed by atoms with Gasteiger partial charge in [-0.3, -0.25) is 4.99 Å². The fourth-order valence-electron chi connectivity index (χ4n) is 2.49. The summed E-state index contributed by atoms with van der Waals surface area (Å²) in [5.41, 5.74) is 1.15. The SMILES string of the molecule is CCN(CC)CCCC(C)NC(=NC)NCc1cccc(Cl)c1.I. The van der Waals surface area contributed by atoms with Crippen LogP contribution in [-0.2, 0) is 6.54 Å². The van der Waals surface area contributed by atoms with Crippen LogP contribution in [0.2, 0.25) is 5.02 Å². The Morgan fingerprint density at radius 3 is 2.58 bits per heavy atom. The topological polar surface area (TPSA) is 39.7 Å². The third-order valence-electron chi connectivity index (χ3n) is 3.96. The molecule has 0 amide bonds. The van der Waals surface area contributed by atoms with Gasteiger partial charge in [0.1, 0.15) is 0 Å². The van der Waals surface area contributed by atoms with Gasteiger partial charge in [-0.15, -0.1) is 24.0 Å². The second kappa shape index (κ2) is 13.7. The van der Waals surface area contributed by atoms with Crippen molar-refractivity contribution in [3.05, 3.63) is 34.9 Å². The molecular formula is C18H32ClIN4. The fourth-order valence-corrected chi connectivity index (χ4v) is 2.71. The van der Waals surface area contributed by atoms with Crippen molar-refractivity contribution in [2.45, 2.75) is 46.2 Å². The van der Waals surface area contributed by atoms with Gasteiger partial charge in [-0.1, -0.05) is 37.6 Å². The van der Waals surface area contributed by atoms with Crippen LogP contribution in [0.3, 0.4) is 0 Å². The zero-order valence-electron chi connectivity index (χ0n) is 15.3. The minimum atomic E-state index is 0. The van der Waals surface area contributed by atoms with Crippen molar-refractivity contribution >= 4 is 41.5 Å². The van der Waals surface area contributed by atoms with E-state index in [0.717, 1.165) is 42.6 Å². The number of nitrogens with zero attached hydrogens (tertiary/aromatic N) is 2. The molecule has 4 nitrogen and oxygen atoms in total. The molecule has 6 heteroatoms. The first-order chi connectivity index (χ1) is 11.1. The molecule has 0 spiro atoms. The van der Waals surface area contributed by atoms with Crippen molar-refractivity contribution in [1.29, 1.82) is 0 Å². The molecule has 1 aromatic rings. The molecule has 138 valence electrons. The van der Waals surface area contributed by atoms with Crippen LogP contribution in [0, 0.1) is 0 Å². The Hall–Kier alpha value is -0.530. The van der Waals surface area contributed by atoms with Crippen LogP contribution in [0.25, 0.3) is 0 Å². The fraction of sp³-hybridized carbons (Fsp3) is 0.611. The highest BCUT2D eigenvalue weighted by atomic mass is 127. The van der Waals surface area contributed by atoms with E-state index in [1.165, 1.54) is 6.42 Å². The molecule has 2 N–H and O–H groups in total. The van der Waals surface area contributed by atoms with E-state index in [1.807, 2.05) is 18.2 Å². The maximum Gasteiger partial charge on any atom is 0.191 e. The van der Waals surface area contributed by atoms with E-state index in [1.54, 1.807) is 7.05 Å². The third kappa shape index (κ3) is 9.69. The Morgan fingerprint density at radius 1 is 1.29 bits per heavy atom. The summed E-state index contributed by atoms with van der Waals surface area (Å²) in [4.78, 5) is 6.75. The van der Waals surface area contributed by atoms with Crippen LogP contribution in [-0.4, -0.2) is 43.6 Å². The summed E-state index contributed by atoms with van der Waals surface area (Å²) in [5.74, 6) is 0.834. The second-order valence-electron chi connectivity index (χ2n) is 5.77. The highest BCUT2D eigenvalue weighted by Crippen LogP contribution is 2.10. The number of rotatable bonds is 9. The lowest BCUT2D eigenvalue weighted by Gasteiger charge is -2.21. The number of hydrogen-bond acceptors (Lipinski definition) is 2. The molecule has 0 fully saturated rings. The average molecular weight is 467 g/mol. The van der Waals surface area contributed by atoms with Crippen molar-refractivity contribution in [1.82, 2.24) is 15.5 Å². The molecule has 1 unspecified atom stereocenters. The molecule has 0 heterocycles. The van der Waals surface area contributed by atoms with Crippen LogP contribution < -0.4 is 10.6 Å². The first-order valence-corrected chi connectivity index (χ1v) is 8.90. The smallest absolute Gasteiger partial charge is 0.191 e. The van der Waals surface area contributed by atoms with E-state index in [-0.39, 0.29) is 24.0 Å². The molecule has 0 aromatic heterocycles. The van der Waals surface area contributed by atoms with Crippen molar-refractivity contribution in [2.24, 2.45) is 4.99 Å². The van der Waals surface area contributed by atoms with Gasteiger partial charge in [-0.25, -0.2) is 0 Å². The number of nitrogens with one attached hydrogen (secondary N) is 2. The van der Waals surface area contributed by atoms with Gasteiger partial charge in [0.15, 0.2) is 5.96 Å². The first-order valence-electron chi connectivity index (χ1n) is 8.53. The summed E-state index contributed by atoms with van der Waals surface area (Å²) in [6.07, 6.45) is 2.33. The zero-order chi connectivity index (χ0) is 17.1. The summed E-state index contributed by atoms with van der Waals surface area (Å²) in [7, 11) is 1.80. The third-order valence-corrected chi connectivity index (χ3v) is 4.20. The van der Waals surface area contributed by atoms with Gasteiger partial charge < -0.3 is 15.5 Å². The molecule has 24 heavy (non-hydrogen) atoms. The highest BCUT2D eigenvalue weighted by molar-refractivity contribution is 14.0. The Labute approximate surface area is 169 Å². The Morgan fingerprint density at radius 2 is 2.00 bits per heavy atom. The molecule has 1 atom stereocenters. The molecule has 0 bridgehead atoms. The summed E-state index contributed by atoms with van der Waals surface area (Å²) >= 11 is 6.01. The van der Waals surface area contributed by atoms with Crippen molar-refractivity contribution in [3.8, 4) is 0 Å². The van der Waals surface area contributed by atoms with Crippen molar-refractivity contribution < 1.29 is 0 Å². The monoisotopic (exact) mass is 466 g/mol. The van der Waals surface area contributed by atoms with E-state index in [2.05, 4.69) is 47.4 Å². The van der Waals surface area contributed by atoms with E-state index in [4.69, 9.17) is 11.6 Å². The number of guanidine groups is 1. The van der Waals surface area contributed by atoms with Crippen molar-refractivity contribution in [3.63, 3.8) is 0 Å². The van der Waals surface area contributed by atoms with Gasteiger partial charge >= 0.3 is 0 Å². The van der Waals surface area contributed by atoms with E-state index >= 15 is 0 Å². The van der Waals surface area contributed by atoms with Gasteiger partial charge in [-0.2, -0.15) is 0 Å². The van der Waals surface area contributed by atoms with E-state index < -0.39 is 0 Å². The molecule has 1 rings (SSSR count). The van der Waals surface area contributed by atoms with Crippen LogP contribution in [0.1, 0.15) is 39.2 Å².